The van der Waals surface area contributed by atoms with Crippen LogP contribution in [0, 0.1) is 6.92 Å². The van der Waals surface area contributed by atoms with Crippen molar-refractivity contribution in [3.05, 3.63) is 16.5 Å². The van der Waals surface area contributed by atoms with Gasteiger partial charge in [-0.25, -0.2) is 8.42 Å². The van der Waals surface area contributed by atoms with Crippen LogP contribution in [0.25, 0.3) is 0 Å². The van der Waals surface area contributed by atoms with Crippen LogP contribution in [0.2, 0.25) is 0 Å². The zero-order chi connectivity index (χ0) is 14.0. The Balaban J connectivity index is 2.22. The normalized spacial score (nSPS) is 18.9. The molecule has 1 saturated heterocycles. The van der Waals surface area contributed by atoms with Crippen molar-refractivity contribution in [3.8, 4) is 0 Å². The zero-order valence-electron chi connectivity index (χ0n) is 11.6. The van der Waals surface area contributed by atoms with Gasteiger partial charge in [-0.05, 0) is 32.6 Å². The van der Waals surface area contributed by atoms with Crippen molar-refractivity contribution in [2.75, 3.05) is 40.3 Å². The monoisotopic (exact) mass is 303 g/mol. The van der Waals surface area contributed by atoms with Crippen molar-refractivity contribution in [3.63, 3.8) is 0 Å². The summed E-state index contributed by atoms with van der Waals surface area (Å²) in [6.07, 6.45) is 0. The highest BCUT2D eigenvalue weighted by molar-refractivity contribution is 7.91. The molecule has 0 atom stereocenters. The Morgan fingerprint density at radius 3 is 2.53 bits per heavy atom. The number of rotatable bonds is 4. The number of hydrogen-bond donors (Lipinski definition) is 1. The lowest BCUT2D eigenvalue weighted by molar-refractivity contribution is 0.222. The van der Waals surface area contributed by atoms with E-state index in [0.29, 0.717) is 17.3 Å². The van der Waals surface area contributed by atoms with Gasteiger partial charge in [0.05, 0.1) is 0 Å². The van der Waals surface area contributed by atoms with Gasteiger partial charge in [-0.15, -0.1) is 11.3 Å². The van der Waals surface area contributed by atoms with Crippen molar-refractivity contribution in [1.82, 2.24) is 14.5 Å². The molecule has 0 amide bonds. The van der Waals surface area contributed by atoms with Gasteiger partial charge in [-0.1, -0.05) is 0 Å². The lowest BCUT2D eigenvalue weighted by Gasteiger charge is -2.31. The molecule has 0 aliphatic carbocycles. The molecule has 2 rings (SSSR count). The molecule has 7 heteroatoms. The average Bonchev–Trinajstić information content (AvgIpc) is 2.73. The number of aryl methyl sites for hydroxylation is 1. The molecule has 1 aromatic rings. The van der Waals surface area contributed by atoms with Crippen LogP contribution in [-0.2, 0) is 16.6 Å². The summed E-state index contributed by atoms with van der Waals surface area (Å²) in [6.45, 7) is 5.44. The SMILES string of the molecule is CNCc1sc(S(=O)(=O)N2CCN(C)CC2)cc1C. The minimum Gasteiger partial charge on any atom is -0.315 e. The third-order valence-electron chi connectivity index (χ3n) is 3.39. The van der Waals surface area contributed by atoms with Gasteiger partial charge < -0.3 is 10.2 Å². The van der Waals surface area contributed by atoms with E-state index in [1.54, 1.807) is 10.4 Å². The van der Waals surface area contributed by atoms with Crippen LogP contribution in [0.3, 0.4) is 0 Å². The summed E-state index contributed by atoms with van der Waals surface area (Å²) in [7, 11) is 0.579. The maximum atomic E-state index is 12.6. The maximum absolute atomic E-state index is 12.6. The highest BCUT2D eigenvalue weighted by Gasteiger charge is 2.29. The lowest BCUT2D eigenvalue weighted by Crippen LogP contribution is -2.46. The highest BCUT2D eigenvalue weighted by Crippen LogP contribution is 2.28. The summed E-state index contributed by atoms with van der Waals surface area (Å²) >= 11 is 1.38. The van der Waals surface area contributed by atoms with Crippen LogP contribution in [0.15, 0.2) is 10.3 Å². The molecule has 1 aliphatic rings. The first-order valence-electron chi connectivity index (χ1n) is 6.37. The molecule has 0 unspecified atom stereocenters. The first kappa shape index (κ1) is 14.9. The van der Waals surface area contributed by atoms with Crippen LogP contribution < -0.4 is 5.32 Å². The molecule has 5 nitrogen and oxygen atoms in total. The third kappa shape index (κ3) is 3.17. The first-order valence-corrected chi connectivity index (χ1v) is 8.63. The van der Waals surface area contributed by atoms with E-state index < -0.39 is 10.0 Å². The van der Waals surface area contributed by atoms with E-state index >= 15 is 0 Å². The Bertz CT molecular complexity index is 531. The minimum atomic E-state index is -3.31. The van der Waals surface area contributed by atoms with Gasteiger partial charge in [-0.2, -0.15) is 4.31 Å². The smallest absolute Gasteiger partial charge is 0.252 e. The van der Waals surface area contributed by atoms with E-state index in [1.165, 1.54) is 11.3 Å². The second-order valence-corrected chi connectivity index (χ2v) is 8.21. The molecule has 2 heterocycles. The van der Waals surface area contributed by atoms with E-state index in [1.807, 2.05) is 21.0 Å². The number of nitrogens with zero attached hydrogens (tertiary/aromatic N) is 2. The standard InChI is InChI=1S/C12H21N3O2S2/c1-10-8-12(18-11(10)9-13-2)19(16,17)15-6-4-14(3)5-7-15/h8,13H,4-7,9H2,1-3H3. The topological polar surface area (TPSA) is 52.7 Å². The largest absolute Gasteiger partial charge is 0.315 e. The highest BCUT2D eigenvalue weighted by atomic mass is 32.2. The van der Waals surface area contributed by atoms with E-state index in [4.69, 9.17) is 0 Å². The first-order chi connectivity index (χ1) is 8.95. The summed E-state index contributed by atoms with van der Waals surface area (Å²) in [5.74, 6) is 0. The van der Waals surface area contributed by atoms with Crippen molar-refractivity contribution in [1.29, 1.82) is 0 Å². The number of sulfonamides is 1. The molecule has 0 saturated carbocycles. The van der Waals surface area contributed by atoms with Gasteiger partial charge in [0.1, 0.15) is 4.21 Å². The van der Waals surface area contributed by atoms with Gasteiger partial charge in [0.2, 0.25) is 0 Å². The summed E-state index contributed by atoms with van der Waals surface area (Å²) in [6, 6.07) is 1.80. The van der Waals surface area contributed by atoms with Crippen molar-refractivity contribution in [2.24, 2.45) is 0 Å². The summed E-state index contributed by atoms with van der Waals surface area (Å²) in [5, 5.41) is 3.07. The van der Waals surface area contributed by atoms with Crippen LogP contribution in [0.4, 0.5) is 0 Å². The molecule has 108 valence electrons. The fourth-order valence-corrected chi connectivity index (χ4v) is 5.29. The van der Waals surface area contributed by atoms with Crippen molar-refractivity contribution in [2.45, 2.75) is 17.7 Å². The molecular formula is C12H21N3O2S2. The molecule has 0 spiro atoms. The fraction of sp³-hybridized carbons (Fsp3) is 0.667. The molecule has 1 N–H and O–H groups in total. The van der Waals surface area contributed by atoms with Gasteiger partial charge in [0.15, 0.2) is 0 Å². The maximum Gasteiger partial charge on any atom is 0.252 e. The molecular weight excluding hydrogens is 282 g/mol. The molecule has 0 aromatic carbocycles. The van der Waals surface area contributed by atoms with Gasteiger partial charge in [0, 0.05) is 37.6 Å². The van der Waals surface area contributed by atoms with Crippen LogP contribution in [-0.4, -0.2) is 57.9 Å². The lowest BCUT2D eigenvalue weighted by atomic mass is 10.3. The van der Waals surface area contributed by atoms with Crippen LogP contribution >= 0.6 is 11.3 Å². The zero-order valence-corrected chi connectivity index (χ0v) is 13.3. The van der Waals surface area contributed by atoms with Gasteiger partial charge >= 0.3 is 0 Å². The molecule has 1 fully saturated rings. The van der Waals surface area contributed by atoms with Gasteiger partial charge in [-0.3, -0.25) is 0 Å². The number of piperazine rings is 1. The van der Waals surface area contributed by atoms with Crippen LogP contribution in [0.1, 0.15) is 10.4 Å². The van der Waals surface area contributed by atoms with E-state index in [-0.39, 0.29) is 0 Å². The van der Waals surface area contributed by atoms with Gasteiger partial charge in [0.25, 0.3) is 10.0 Å². The van der Waals surface area contributed by atoms with Crippen molar-refractivity contribution >= 4 is 21.4 Å². The second-order valence-electron chi connectivity index (χ2n) is 4.91. The average molecular weight is 303 g/mol. The molecule has 1 aromatic heterocycles. The summed E-state index contributed by atoms with van der Waals surface area (Å²) < 4.78 is 27.2. The molecule has 1 aliphatic heterocycles. The third-order valence-corrected chi connectivity index (χ3v) is 6.98. The van der Waals surface area contributed by atoms with E-state index in [2.05, 4.69) is 10.2 Å². The number of hydrogen-bond acceptors (Lipinski definition) is 5. The number of nitrogens with one attached hydrogen (secondary N) is 1. The fourth-order valence-electron chi connectivity index (χ4n) is 2.11. The minimum absolute atomic E-state index is 0.472. The Kier molecular flexibility index (Phi) is 4.62. The molecule has 19 heavy (non-hydrogen) atoms. The second kappa shape index (κ2) is 5.88. The number of likely N-dealkylation sites (N-methyl/N-ethyl adjacent to an activating group) is 1. The van der Waals surface area contributed by atoms with E-state index in [0.717, 1.165) is 30.1 Å². The molecule has 0 radical (unpaired) electrons. The summed E-state index contributed by atoms with van der Waals surface area (Å²) in [4.78, 5) is 3.24. The Morgan fingerprint density at radius 1 is 1.32 bits per heavy atom. The Labute approximate surface area is 119 Å². The van der Waals surface area contributed by atoms with E-state index in [9.17, 15) is 8.42 Å². The Morgan fingerprint density at radius 2 is 1.95 bits per heavy atom. The molecule has 0 bridgehead atoms. The van der Waals surface area contributed by atoms with Crippen LogP contribution in [0.5, 0.6) is 0 Å². The number of thiophene rings is 1. The predicted octanol–water partition coefficient (Wildman–Crippen LogP) is 0.712. The van der Waals surface area contributed by atoms with Crippen molar-refractivity contribution < 1.29 is 8.42 Å². The quantitative estimate of drug-likeness (QED) is 0.890. The summed E-state index contributed by atoms with van der Waals surface area (Å²) in [5.41, 5.74) is 1.05. The predicted molar refractivity (Wildman–Crippen MR) is 78.1 cm³/mol. The Hall–Kier alpha value is -0.470.